The summed E-state index contributed by atoms with van der Waals surface area (Å²) in [5.74, 6) is 0.145. The van der Waals surface area contributed by atoms with Gasteiger partial charge in [0.1, 0.15) is 6.10 Å². The summed E-state index contributed by atoms with van der Waals surface area (Å²) in [6.07, 6.45) is 8.05. The second-order valence-electron chi connectivity index (χ2n) is 8.61. The number of carbonyl (C=O) groups is 1. The number of nitrogens with zero attached hydrogens (tertiary/aromatic N) is 1. The minimum atomic E-state index is -0.0551. The van der Waals surface area contributed by atoms with Gasteiger partial charge in [0.25, 0.3) is 0 Å². The molecule has 1 aliphatic heterocycles. The lowest BCUT2D eigenvalue weighted by atomic mass is 9.62. The minimum Gasteiger partial charge on any atom is -0.461 e. The molecule has 0 aromatic heterocycles. The molecule has 0 radical (unpaired) electrons. The van der Waals surface area contributed by atoms with Gasteiger partial charge in [-0.05, 0) is 49.8 Å². The van der Waals surface area contributed by atoms with E-state index in [1.807, 2.05) is 6.07 Å². The van der Waals surface area contributed by atoms with Crippen molar-refractivity contribution in [3.63, 3.8) is 0 Å². The Morgan fingerprint density at radius 1 is 1.27 bits per heavy atom. The fraction of sp³-hybridized carbons (Fsp3) is 0.522. The number of hydrogen-bond acceptors (Lipinski definition) is 3. The summed E-state index contributed by atoms with van der Waals surface area (Å²) < 4.78 is 5.85. The van der Waals surface area contributed by atoms with Crippen molar-refractivity contribution in [2.75, 3.05) is 13.6 Å². The maximum absolute atomic E-state index is 12.6. The highest BCUT2D eigenvalue weighted by molar-refractivity contribution is 5.76. The van der Waals surface area contributed by atoms with Crippen molar-refractivity contribution in [1.29, 1.82) is 0 Å². The maximum atomic E-state index is 12.6. The van der Waals surface area contributed by atoms with Gasteiger partial charge in [0, 0.05) is 19.0 Å². The molecule has 0 amide bonds. The van der Waals surface area contributed by atoms with Crippen LogP contribution in [-0.4, -0.2) is 30.6 Å². The Bertz CT molecular complexity index is 751. The average molecular weight is 351 g/mol. The number of benzene rings is 1. The van der Waals surface area contributed by atoms with Crippen LogP contribution in [0.5, 0.6) is 0 Å². The molecule has 3 aliphatic rings. The smallest absolute Gasteiger partial charge is 0.311 e. The highest BCUT2D eigenvalue weighted by atomic mass is 16.6. The molecule has 1 saturated heterocycles. The third kappa shape index (κ3) is 3.14. The van der Waals surface area contributed by atoms with Crippen LogP contribution in [0.3, 0.4) is 0 Å². The molecule has 0 saturated carbocycles. The van der Waals surface area contributed by atoms with Crippen LogP contribution in [0.1, 0.15) is 38.7 Å². The molecule has 0 bridgehead atoms. The minimum absolute atomic E-state index is 0.0133. The number of fused-ring (bicyclic) bond motifs is 2. The van der Waals surface area contributed by atoms with Crippen LogP contribution >= 0.6 is 0 Å². The second kappa shape index (κ2) is 6.70. The van der Waals surface area contributed by atoms with Gasteiger partial charge in [-0.2, -0.15) is 0 Å². The lowest BCUT2D eigenvalue weighted by Gasteiger charge is -2.43. The van der Waals surface area contributed by atoms with E-state index >= 15 is 0 Å². The molecule has 1 aromatic rings. The zero-order valence-corrected chi connectivity index (χ0v) is 16.1. The van der Waals surface area contributed by atoms with Gasteiger partial charge < -0.3 is 9.64 Å². The maximum Gasteiger partial charge on any atom is 0.311 e. The molecule has 1 aromatic carbocycles. The summed E-state index contributed by atoms with van der Waals surface area (Å²) in [5, 5.41) is 0. The molecule has 3 nitrogen and oxygen atoms in total. The van der Waals surface area contributed by atoms with Gasteiger partial charge in [0.15, 0.2) is 0 Å². The summed E-state index contributed by atoms with van der Waals surface area (Å²) in [6.45, 7) is 6.17. The van der Waals surface area contributed by atoms with E-state index in [0.29, 0.717) is 0 Å². The molecule has 3 heteroatoms. The van der Waals surface area contributed by atoms with E-state index in [-0.39, 0.29) is 29.3 Å². The van der Waals surface area contributed by atoms with Gasteiger partial charge in [-0.25, -0.2) is 0 Å². The Balaban J connectivity index is 1.53. The monoisotopic (exact) mass is 351 g/mol. The largest absolute Gasteiger partial charge is 0.461 e. The number of carbonyl (C=O) groups excluding carboxylic acids is 1. The molecule has 2 aliphatic carbocycles. The van der Waals surface area contributed by atoms with Crippen molar-refractivity contribution >= 4 is 5.97 Å². The van der Waals surface area contributed by atoms with Gasteiger partial charge in [-0.15, -0.1) is 0 Å². The summed E-state index contributed by atoms with van der Waals surface area (Å²) in [5.41, 5.74) is 4.30. The highest BCUT2D eigenvalue weighted by Gasteiger charge is 2.50. The van der Waals surface area contributed by atoms with Crippen molar-refractivity contribution in [1.82, 2.24) is 4.90 Å². The van der Waals surface area contributed by atoms with E-state index in [2.05, 4.69) is 62.2 Å². The molecule has 1 heterocycles. The molecule has 138 valence electrons. The van der Waals surface area contributed by atoms with Crippen molar-refractivity contribution in [3.05, 3.63) is 59.2 Å². The Kier molecular flexibility index (Phi) is 4.52. The van der Waals surface area contributed by atoms with Crippen LogP contribution in [0.4, 0.5) is 0 Å². The first-order chi connectivity index (χ1) is 12.5. The Morgan fingerprint density at radius 2 is 2.04 bits per heavy atom. The zero-order chi connectivity index (χ0) is 18.3. The quantitative estimate of drug-likeness (QED) is 0.755. The first-order valence-corrected chi connectivity index (χ1v) is 9.79. The molecule has 0 unspecified atom stereocenters. The summed E-state index contributed by atoms with van der Waals surface area (Å²) in [4.78, 5) is 14.9. The number of rotatable bonds is 4. The second-order valence-corrected chi connectivity index (χ2v) is 8.61. The standard InChI is InChI=1S/C23H29NO2/c1-16-8-7-11-23(2)13-21-18(12-20(16)23)19(22(25)26-21)15-24(3)14-17-9-5-4-6-10-17/h4-6,8-10,12,18-19,21H,7,11,13-15H2,1-3H3/t18-,19+,21-,23-/m1/s1. The molecule has 0 spiro atoms. The zero-order valence-electron chi connectivity index (χ0n) is 16.1. The van der Waals surface area contributed by atoms with Crippen LogP contribution in [0.15, 0.2) is 53.6 Å². The molecular formula is C23H29NO2. The van der Waals surface area contributed by atoms with Gasteiger partial charge in [-0.3, -0.25) is 4.79 Å². The average Bonchev–Trinajstić information content (AvgIpc) is 2.88. The normalized spacial score (nSPS) is 33.2. The topological polar surface area (TPSA) is 29.5 Å². The van der Waals surface area contributed by atoms with Crippen LogP contribution in [-0.2, 0) is 16.1 Å². The van der Waals surface area contributed by atoms with Gasteiger partial charge in [0.05, 0.1) is 5.92 Å². The van der Waals surface area contributed by atoms with E-state index in [1.165, 1.54) is 16.7 Å². The SMILES string of the molecule is CC1=CCC[C@]2(C)C[C@H]3OC(=O)[C@@H](CN(C)Cc4ccccc4)[C@H]3C=C12. The molecule has 0 N–H and O–H groups in total. The van der Waals surface area contributed by atoms with E-state index in [1.54, 1.807) is 0 Å². The first kappa shape index (κ1) is 17.5. The lowest BCUT2D eigenvalue weighted by molar-refractivity contribution is -0.145. The molecule has 1 fully saturated rings. The van der Waals surface area contributed by atoms with Crippen LogP contribution < -0.4 is 0 Å². The van der Waals surface area contributed by atoms with Gasteiger partial charge >= 0.3 is 5.97 Å². The predicted octanol–water partition coefficient (Wildman–Crippen LogP) is 4.35. The Hall–Kier alpha value is -1.87. The fourth-order valence-electron chi connectivity index (χ4n) is 5.13. The number of hydrogen-bond donors (Lipinski definition) is 0. The Labute approximate surface area is 156 Å². The summed E-state index contributed by atoms with van der Waals surface area (Å²) in [6, 6.07) is 10.4. The summed E-state index contributed by atoms with van der Waals surface area (Å²) >= 11 is 0. The summed E-state index contributed by atoms with van der Waals surface area (Å²) in [7, 11) is 2.10. The predicted molar refractivity (Wildman–Crippen MR) is 103 cm³/mol. The highest BCUT2D eigenvalue weighted by Crippen LogP contribution is 2.52. The van der Waals surface area contributed by atoms with E-state index in [4.69, 9.17) is 4.74 Å². The van der Waals surface area contributed by atoms with Crippen molar-refractivity contribution < 1.29 is 9.53 Å². The third-order valence-corrected chi connectivity index (χ3v) is 6.50. The molecule has 4 rings (SSSR count). The van der Waals surface area contributed by atoms with E-state index < -0.39 is 0 Å². The number of allylic oxidation sites excluding steroid dienone is 3. The number of esters is 1. The Morgan fingerprint density at radius 3 is 2.81 bits per heavy atom. The van der Waals surface area contributed by atoms with Gasteiger partial charge in [-0.1, -0.05) is 55.0 Å². The number of ether oxygens (including phenoxy) is 1. The van der Waals surface area contributed by atoms with Gasteiger partial charge in [0.2, 0.25) is 0 Å². The van der Waals surface area contributed by atoms with Crippen LogP contribution in [0.25, 0.3) is 0 Å². The third-order valence-electron chi connectivity index (χ3n) is 6.50. The van der Waals surface area contributed by atoms with Crippen molar-refractivity contribution in [2.45, 2.75) is 45.8 Å². The molecule has 26 heavy (non-hydrogen) atoms. The van der Waals surface area contributed by atoms with Crippen molar-refractivity contribution in [2.24, 2.45) is 17.3 Å². The fourth-order valence-corrected chi connectivity index (χ4v) is 5.13. The van der Waals surface area contributed by atoms with E-state index in [9.17, 15) is 4.79 Å². The molecular weight excluding hydrogens is 322 g/mol. The van der Waals surface area contributed by atoms with Crippen LogP contribution in [0.2, 0.25) is 0 Å². The molecule has 4 atom stereocenters. The van der Waals surface area contributed by atoms with E-state index in [0.717, 1.165) is 32.4 Å². The van der Waals surface area contributed by atoms with Crippen LogP contribution in [0, 0.1) is 17.3 Å². The lowest BCUT2D eigenvalue weighted by Crippen LogP contribution is -2.38. The van der Waals surface area contributed by atoms with Crippen molar-refractivity contribution in [3.8, 4) is 0 Å². The first-order valence-electron chi connectivity index (χ1n) is 9.79.